The highest BCUT2D eigenvalue weighted by atomic mass is 16.2. The number of likely N-dealkylation sites (tertiary alicyclic amines) is 1. The van der Waals surface area contributed by atoms with E-state index >= 15 is 0 Å². The second kappa shape index (κ2) is 7.35. The van der Waals surface area contributed by atoms with Gasteiger partial charge >= 0.3 is 6.03 Å². The first-order valence-corrected chi connectivity index (χ1v) is 9.06. The van der Waals surface area contributed by atoms with Crippen molar-refractivity contribution in [2.75, 3.05) is 19.6 Å². The lowest BCUT2D eigenvalue weighted by Crippen LogP contribution is -2.55. The van der Waals surface area contributed by atoms with Crippen LogP contribution in [0.1, 0.15) is 32.3 Å². The molecular weight excluding hydrogens is 334 g/mol. The van der Waals surface area contributed by atoms with Gasteiger partial charge in [0.2, 0.25) is 0 Å². The van der Waals surface area contributed by atoms with Crippen LogP contribution in [0.2, 0.25) is 0 Å². The van der Waals surface area contributed by atoms with Gasteiger partial charge in [-0.3, -0.25) is 14.8 Å². The van der Waals surface area contributed by atoms with E-state index in [0.717, 1.165) is 44.0 Å². The molecular formula is C17H27N7O2. The summed E-state index contributed by atoms with van der Waals surface area (Å²) in [6.45, 7) is 6.82. The van der Waals surface area contributed by atoms with E-state index < -0.39 is 11.6 Å². The number of urea groups is 1. The third-order valence-electron chi connectivity index (χ3n) is 5.19. The number of guanidine groups is 1. The molecule has 3 rings (SSSR count). The summed E-state index contributed by atoms with van der Waals surface area (Å²) >= 11 is 0. The highest BCUT2D eigenvalue weighted by Gasteiger charge is 2.48. The summed E-state index contributed by atoms with van der Waals surface area (Å²) < 4.78 is 1.77. The third-order valence-corrected chi connectivity index (χ3v) is 5.19. The molecule has 2 aliphatic rings. The minimum absolute atomic E-state index is 0.117. The fourth-order valence-corrected chi connectivity index (χ4v) is 3.66. The molecule has 26 heavy (non-hydrogen) atoms. The predicted octanol–water partition coefficient (Wildman–Crippen LogP) is 0.196. The molecule has 0 bridgehead atoms. The van der Waals surface area contributed by atoms with Gasteiger partial charge < -0.3 is 15.5 Å². The highest BCUT2D eigenvalue weighted by molar-refractivity contribution is 6.07. The van der Waals surface area contributed by atoms with E-state index in [9.17, 15) is 9.59 Å². The fraction of sp³-hybridized carbons (Fsp3) is 0.647. The van der Waals surface area contributed by atoms with E-state index in [4.69, 9.17) is 4.99 Å². The summed E-state index contributed by atoms with van der Waals surface area (Å²) in [6.07, 6.45) is 5.42. The van der Waals surface area contributed by atoms with Gasteiger partial charge in [-0.1, -0.05) is 0 Å². The molecule has 1 aromatic heterocycles. The third kappa shape index (κ3) is 3.66. The molecule has 2 aliphatic heterocycles. The van der Waals surface area contributed by atoms with Crippen molar-refractivity contribution in [2.24, 2.45) is 18.0 Å². The van der Waals surface area contributed by atoms with Gasteiger partial charge in [0.1, 0.15) is 5.54 Å². The second-order valence-corrected chi connectivity index (χ2v) is 7.06. The summed E-state index contributed by atoms with van der Waals surface area (Å²) in [5, 5.41) is 12.7. The Morgan fingerprint density at radius 3 is 2.69 bits per heavy atom. The van der Waals surface area contributed by atoms with Crippen LogP contribution in [-0.4, -0.2) is 57.8 Å². The Morgan fingerprint density at radius 1 is 1.42 bits per heavy atom. The Morgan fingerprint density at radius 2 is 2.15 bits per heavy atom. The lowest BCUT2D eigenvalue weighted by Gasteiger charge is -2.39. The summed E-state index contributed by atoms with van der Waals surface area (Å²) in [5.74, 6) is 0.768. The van der Waals surface area contributed by atoms with Gasteiger partial charge in [0, 0.05) is 38.4 Å². The number of aliphatic imine (C=N–C) groups is 1. The molecule has 1 unspecified atom stereocenters. The lowest BCUT2D eigenvalue weighted by atomic mass is 9.79. The Labute approximate surface area is 153 Å². The number of rotatable bonds is 4. The Bertz CT molecular complexity index is 706. The molecule has 2 saturated heterocycles. The molecule has 142 valence electrons. The van der Waals surface area contributed by atoms with Crippen molar-refractivity contribution in [1.82, 2.24) is 30.6 Å². The number of hydrogen-bond acceptors (Lipinski definition) is 4. The summed E-state index contributed by atoms with van der Waals surface area (Å²) in [6, 6.07) is -0.397. The van der Waals surface area contributed by atoms with E-state index in [1.807, 2.05) is 33.3 Å². The summed E-state index contributed by atoms with van der Waals surface area (Å²) in [4.78, 5) is 30.6. The number of amides is 3. The van der Waals surface area contributed by atoms with Gasteiger partial charge in [-0.05, 0) is 32.6 Å². The SMILES string of the molecule is CCNC(=NCc1cnn(C)c1)N1CCC(C2(C)NC(=O)NC2=O)CC1. The van der Waals surface area contributed by atoms with Crippen LogP contribution in [0.4, 0.5) is 4.79 Å². The van der Waals surface area contributed by atoms with Crippen molar-refractivity contribution < 1.29 is 9.59 Å². The zero-order chi connectivity index (χ0) is 18.7. The zero-order valence-electron chi connectivity index (χ0n) is 15.6. The maximum absolute atomic E-state index is 12.1. The van der Waals surface area contributed by atoms with E-state index in [1.165, 1.54) is 0 Å². The minimum Gasteiger partial charge on any atom is -0.357 e. The maximum Gasteiger partial charge on any atom is 0.322 e. The highest BCUT2D eigenvalue weighted by Crippen LogP contribution is 2.30. The quantitative estimate of drug-likeness (QED) is 0.404. The first kappa shape index (κ1) is 18.2. The van der Waals surface area contributed by atoms with Crippen molar-refractivity contribution >= 4 is 17.9 Å². The molecule has 3 N–H and O–H groups in total. The number of carbonyl (C=O) groups excluding carboxylic acids is 2. The van der Waals surface area contributed by atoms with Crippen LogP contribution in [0.3, 0.4) is 0 Å². The van der Waals surface area contributed by atoms with Gasteiger partial charge in [0.15, 0.2) is 5.96 Å². The Kier molecular flexibility index (Phi) is 5.15. The van der Waals surface area contributed by atoms with Crippen molar-refractivity contribution in [3.63, 3.8) is 0 Å². The second-order valence-electron chi connectivity index (χ2n) is 7.06. The van der Waals surface area contributed by atoms with Gasteiger partial charge in [-0.25, -0.2) is 9.79 Å². The number of hydrogen-bond donors (Lipinski definition) is 3. The average molecular weight is 361 g/mol. The van der Waals surface area contributed by atoms with Crippen LogP contribution in [0, 0.1) is 5.92 Å². The number of nitrogens with zero attached hydrogens (tertiary/aromatic N) is 4. The van der Waals surface area contributed by atoms with Crippen molar-refractivity contribution in [2.45, 2.75) is 38.8 Å². The van der Waals surface area contributed by atoms with Crippen LogP contribution in [0.15, 0.2) is 17.4 Å². The molecule has 0 spiro atoms. The smallest absolute Gasteiger partial charge is 0.322 e. The van der Waals surface area contributed by atoms with Crippen molar-refractivity contribution in [3.8, 4) is 0 Å². The van der Waals surface area contributed by atoms with Crippen LogP contribution in [-0.2, 0) is 18.4 Å². The van der Waals surface area contributed by atoms with Crippen LogP contribution < -0.4 is 16.0 Å². The molecule has 1 aromatic rings. The number of imide groups is 1. The molecule has 3 amide bonds. The minimum atomic E-state index is -0.811. The molecule has 3 heterocycles. The van der Waals surface area contributed by atoms with Crippen LogP contribution >= 0.6 is 0 Å². The Hall–Kier alpha value is -2.58. The zero-order valence-corrected chi connectivity index (χ0v) is 15.6. The molecule has 9 nitrogen and oxygen atoms in total. The molecule has 0 saturated carbocycles. The van der Waals surface area contributed by atoms with Gasteiger partial charge in [-0.15, -0.1) is 0 Å². The van der Waals surface area contributed by atoms with E-state index in [-0.39, 0.29) is 11.8 Å². The topological polar surface area (TPSA) is 104 Å². The number of aromatic nitrogens is 2. The number of nitrogens with one attached hydrogen (secondary N) is 3. The summed E-state index contributed by atoms with van der Waals surface area (Å²) in [5.41, 5.74) is 0.254. The van der Waals surface area contributed by atoms with Crippen molar-refractivity contribution in [1.29, 1.82) is 0 Å². The van der Waals surface area contributed by atoms with Gasteiger partial charge in [0.05, 0.1) is 12.7 Å². The molecule has 0 radical (unpaired) electrons. The molecule has 0 aromatic carbocycles. The van der Waals surface area contributed by atoms with Gasteiger partial charge in [0.25, 0.3) is 5.91 Å². The number of aryl methyl sites for hydroxylation is 1. The average Bonchev–Trinajstić information content (AvgIpc) is 3.14. The Balaban J connectivity index is 1.62. The first-order valence-electron chi connectivity index (χ1n) is 9.06. The fourth-order valence-electron chi connectivity index (χ4n) is 3.66. The van der Waals surface area contributed by atoms with E-state index in [1.54, 1.807) is 4.68 Å². The van der Waals surface area contributed by atoms with Crippen molar-refractivity contribution in [3.05, 3.63) is 18.0 Å². The number of carbonyl (C=O) groups is 2. The number of piperidine rings is 1. The first-order chi connectivity index (χ1) is 12.4. The van der Waals surface area contributed by atoms with E-state index in [2.05, 4.69) is 25.9 Å². The summed E-state index contributed by atoms with van der Waals surface area (Å²) in [7, 11) is 1.89. The molecule has 9 heteroatoms. The lowest BCUT2D eigenvalue weighted by molar-refractivity contribution is -0.125. The molecule has 2 fully saturated rings. The van der Waals surface area contributed by atoms with Crippen LogP contribution in [0.5, 0.6) is 0 Å². The maximum atomic E-state index is 12.1. The molecule has 0 aliphatic carbocycles. The standard InChI is InChI=1S/C17H27N7O2/c1-4-18-15(19-9-12-10-20-23(3)11-12)24-7-5-13(6-8-24)17(2)14(25)21-16(26)22-17/h10-11,13H,4-9H2,1-3H3,(H,18,19)(H2,21,22,25,26). The van der Waals surface area contributed by atoms with E-state index in [0.29, 0.717) is 6.54 Å². The largest absolute Gasteiger partial charge is 0.357 e. The normalized spacial score (nSPS) is 24.6. The molecule has 1 atom stereocenters. The van der Waals surface area contributed by atoms with Gasteiger partial charge in [-0.2, -0.15) is 5.10 Å². The predicted molar refractivity (Wildman–Crippen MR) is 97.4 cm³/mol. The van der Waals surface area contributed by atoms with Crippen LogP contribution in [0.25, 0.3) is 0 Å². The monoisotopic (exact) mass is 361 g/mol.